The number of carbonyl (C=O) groups excluding carboxylic acids is 1. The van der Waals surface area contributed by atoms with Crippen LogP contribution in [0.1, 0.15) is 25.7 Å². The summed E-state index contributed by atoms with van der Waals surface area (Å²) in [5.41, 5.74) is 0.488. The lowest BCUT2D eigenvalue weighted by atomic mass is 10.0. The van der Waals surface area contributed by atoms with Gasteiger partial charge in [0.25, 0.3) is 5.56 Å². The van der Waals surface area contributed by atoms with E-state index in [1.54, 1.807) is 12.3 Å². The molecule has 2 aromatic rings. The average molecular weight is 313 g/mol. The number of hydrogen-bond donors (Lipinski definition) is 2. The van der Waals surface area contributed by atoms with E-state index in [1.165, 1.54) is 6.33 Å². The quantitative estimate of drug-likeness (QED) is 0.875. The van der Waals surface area contributed by atoms with E-state index in [1.807, 2.05) is 0 Å². The molecule has 0 aromatic carbocycles. The highest BCUT2D eigenvalue weighted by Crippen LogP contribution is 2.29. The Kier molecular flexibility index (Phi) is 3.48. The molecule has 0 unspecified atom stereocenters. The van der Waals surface area contributed by atoms with Gasteiger partial charge in [-0.2, -0.15) is 0 Å². The summed E-state index contributed by atoms with van der Waals surface area (Å²) in [6, 6.07) is 1.93. The standard InChI is InChI=1S/C16H19N5O2/c22-15(10-1-2-10)20-11-4-7-21(8-5-11)14-13-12(3-6-17-14)16(23)19-9-18-13/h3,6,9-11H,1-2,4-5,7-8H2,(H,20,22)(H,18,19,23). The number of nitrogens with zero attached hydrogens (tertiary/aromatic N) is 3. The number of pyridine rings is 1. The van der Waals surface area contributed by atoms with Crippen molar-refractivity contribution in [3.05, 3.63) is 28.9 Å². The first-order chi connectivity index (χ1) is 11.2. The summed E-state index contributed by atoms with van der Waals surface area (Å²) >= 11 is 0. The number of nitrogens with one attached hydrogen (secondary N) is 2. The number of anilines is 1. The average Bonchev–Trinajstić information content (AvgIpc) is 3.41. The molecule has 1 saturated heterocycles. The first kappa shape index (κ1) is 14.2. The topological polar surface area (TPSA) is 91.0 Å². The Labute approximate surface area is 133 Å². The predicted molar refractivity (Wildman–Crippen MR) is 86.3 cm³/mol. The largest absolute Gasteiger partial charge is 0.355 e. The van der Waals surface area contributed by atoms with Crippen LogP contribution in [0.25, 0.3) is 10.9 Å². The van der Waals surface area contributed by atoms with Crippen molar-refractivity contribution in [2.75, 3.05) is 18.0 Å². The summed E-state index contributed by atoms with van der Waals surface area (Å²) in [5.74, 6) is 1.21. The molecule has 4 rings (SSSR count). The number of fused-ring (bicyclic) bond motifs is 1. The van der Waals surface area contributed by atoms with Crippen LogP contribution in [0, 0.1) is 5.92 Å². The number of H-pyrrole nitrogens is 1. The van der Waals surface area contributed by atoms with Gasteiger partial charge in [0.05, 0.1) is 11.7 Å². The second kappa shape index (κ2) is 5.64. The molecule has 1 aliphatic heterocycles. The number of piperidine rings is 1. The second-order valence-electron chi connectivity index (χ2n) is 6.31. The van der Waals surface area contributed by atoms with Gasteiger partial charge in [-0.15, -0.1) is 0 Å². The van der Waals surface area contributed by atoms with Crippen LogP contribution in [-0.4, -0.2) is 40.0 Å². The molecule has 1 saturated carbocycles. The van der Waals surface area contributed by atoms with Crippen LogP contribution in [-0.2, 0) is 4.79 Å². The molecule has 3 heterocycles. The Bertz CT molecular complexity index is 790. The van der Waals surface area contributed by atoms with Crippen molar-refractivity contribution in [3.63, 3.8) is 0 Å². The van der Waals surface area contributed by atoms with E-state index >= 15 is 0 Å². The highest BCUT2D eigenvalue weighted by molar-refractivity contribution is 5.87. The van der Waals surface area contributed by atoms with E-state index in [4.69, 9.17) is 0 Å². The third-order valence-electron chi connectivity index (χ3n) is 4.63. The van der Waals surface area contributed by atoms with Gasteiger partial charge in [-0.1, -0.05) is 0 Å². The number of carbonyl (C=O) groups is 1. The molecule has 2 aliphatic rings. The van der Waals surface area contributed by atoms with Gasteiger partial charge in [0.2, 0.25) is 5.91 Å². The van der Waals surface area contributed by atoms with Gasteiger partial charge in [-0.05, 0) is 31.7 Å². The molecule has 120 valence electrons. The van der Waals surface area contributed by atoms with E-state index < -0.39 is 0 Å². The molecule has 2 fully saturated rings. The molecule has 1 amide bonds. The van der Waals surface area contributed by atoms with Gasteiger partial charge >= 0.3 is 0 Å². The van der Waals surface area contributed by atoms with Gasteiger partial charge in [-0.3, -0.25) is 9.59 Å². The van der Waals surface area contributed by atoms with Crippen molar-refractivity contribution in [2.45, 2.75) is 31.7 Å². The minimum absolute atomic E-state index is 0.148. The third kappa shape index (κ3) is 2.78. The summed E-state index contributed by atoms with van der Waals surface area (Å²) in [4.78, 5) is 37.2. The van der Waals surface area contributed by atoms with E-state index in [0.29, 0.717) is 10.9 Å². The van der Waals surface area contributed by atoms with Crippen molar-refractivity contribution in [1.29, 1.82) is 0 Å². The Hall–Kier alpha value is -2.44. The maximum absolute atomic E-state index is 11.9. The van der Waals surface area contributed by atoms with Crippen LogP contribution in [0.3, 0.4) is 0 Å². The van der Waals surface area contributed by atoms with Crippen molar-refractivity contribution >= 4 is 22.6 Å². The summed E-state index contributed by atoms with van der Waals surface area (Å²) in [6.45, 7) is 1.60. The fourth-order valence-corrected chi connectivity index (χ4v) is 3.12. The van der Waals surface area contributed by atoms with E-state index in [9.17, 15) is 9.59 Å². The molecular weight excluding hydrogens is 294 g/mol. The maximum Gasteiger partial charge on any atom is 0.258 e. The molecule has 0 radical (unpaired) electrons. The van der Waals surface area contributed by atoms with Crippen LogP contribution in [0.4, 0.5) is 5.82 Å². The molecular formula is C16H19N5O2. The molecule has 0 bridgehead atoms. The van der Waals surface area contributed by atoms with Crippen LogP contribution in [0.5, 0.6) is 0 Å². The zero-order valence-corrected chi connectivity index (χ0v) is 12.8. The van der Waals surface area contributed by atoms with Gasteiger partial charge in [0.15, 0.2) is 5.82 Å². The second-order valence-corrected chi connectivity index (χ2v) is 6.31. The number of aromatic amines is 1. The maximum atomic E-state index is 11.9. The van der Waals surface area contributed by atoms with Gasteiger partial charge in [0, 0.05) is 31.2 Å². The molecule has 23 heavy (non-hydrogen) atoms. The zero-order valence-electron chi connectivity index (χ0n) is 12.8. The normalized spacial score (nSPS) is 19.0. The number of aromatic nitrogens is 3. The van der Waals surface area contributed by atoms with Gasteiger partial charge in [-0.25, -0.2) is 9.97 Å². The highest BCUT2D eigenvalue weighted by atomic mass is 16.2. The minimum atomic E-state index is -0.148. The molecule has 7 nitrogen and oxygen atoms in total. The Balaban J connectivity index is 1.49. The summed E-state index contributed by atoms with van der Waals surface area (Å²) < 4.78 is 0. The Morgan fingerprint density at radius 2 is 2.00 bits per heavy atom. The van der Waals surface area contributed by atoms with Crippen molar-refractivity contribution in [1.82, 2.24) is 20.3 Å². The summed E-state index contributed by atoms with van der Waals surface area (Å²) in [5, 5.41) is 3.70. The van der Waals surface area contributed by atoms with E-state index in [0.717, 1.165) is 44.6 Å². The predicted octanol–water partition coefficient (Wildman–Crippen LogP) is 0.813. The Morgan fingerprint density at radius 3 is 2.74 bits per heavy atom. The summed E-state index contributed by atoms with van der Waals surface area (Å²) in [6.07, 6.45) is 6.91. The zero-order chi connectivity index (χ0) is 15.8. The van der Waals surface area contributed by atoms with Crippen LogP contribution in [0.2, 0.25) is 0 Å². The lowest BCUT2D eigenvalue weighted by molar-refractivity contribution is -0.123. The van der Waals surface area contributed by atoms with Gasteiger partial charge in [0.1, 0.15) is 5.52 Å². The molecule has 2 aromatic heterocycles. The monoisotopic (exact) mass is 313 g/mol. The van der Waals surface area contributed by atoms with Crippen LogP contribution >= 0.6 is 0 Å². The van der Waals surface area contributed by atoms with Crippen molar-refractivity contribution < 1.29 is 4.79 Å². The lowest BCUT2D eigenvalue weighted by Crippen LogP contribution is -2.45. The van der Waals surface area contributed by atoms with Crippen LogP contribution < -0.4 is 15.8 Å². The smallest absolute Gasteiger partial charge is 0.258 e. The minimum Gasteiger partial charge on any atom is -0.355 e. The fourth-order valence-electron chi connectivity index (χ4n) is 3.12. The summed E-state index contributed by atoms with van der Waals surface area (Å²) in [7, 11) is 0. The third-order valence-corrected chi connectivity index (χ3v) is 4.63. The Morgan fingerprint density at radius 1 is 1.22 bits per heavy atom. The van der Waals surface area contributed by atoms with Gasteiger partial charge < -0.3 is 15.2 Å². The number of hydrogen-bond acceptors (Lipinski definition) is 5. The van der Waals surface area contributed by atoms with E-state index in [2.05, 4.69) is 25.2 Å². The van der Waals surface area contributed by atoms with Crippen LogP contribution in [0.15, 0.2) is 23.4 Å². The molecule has 0 atom stereocenters. The SMILES string of the molecule is O=C(NC1CCN(c2nccc3c(=O)[nH]cnc23)CC1)C1CC1. The van der Waals surface area contributed by atoms with E-state index in [-0.39, 0.29) is 23.4 Å². The molecule has 1 aliphatic carbocycles. The molecule has 0 spiro atoms. The fraction of sp³-hybridized carbons (Fsp3) is 0.500. The lowest BCUT2D eigenvalue weighted by Gasteiger charge is -2.33. The number of amides is 1. The first-order valence-electron chi connectivity index (χ1n) is 8.10. The van der Waals surface area contributed by atoms with Crippen molar-refractivity contribution in [2.24, 2.45) is 5.92 Å². The van der Waals surface area contributed by atoms with Crippen molar-refractivity contribution in [3.8, 4) is 0 Å². The molecule has 2 N–H and O–H groups in total. The first-order valence-corrected chi connectivity index (χ1v) is 8.10. The highest BCUT2D eigenvalue weighted by Gasteiger charge is 2.32. The molecule has 7 heteroatoms. The number of rotatable bonds is 3.